The molecular weight excluding hydrogens is 444 g/mol. The molecule has 0 aromatic rings. The van der Waals surface area contributed by atoms with Gasteiger partial charge in [-0.2, -0.15) is 10.5 Å². The zero-order valence-corrected chi connectivity index (χ0v) is 18.2. The van der Waals surface area contributed by atoms with Crippen molar-refractivity contribution < 1.29 is 46.5 Å². The van der Waals surface area contributed by atoms with Crippen LogP contribution in [-0.4, -0.2) is 61.5 Å². The summed E-state index contributed by atoms with van der Waals surface area (Å²) in [5.41, 5.74) is 0. The van der Waals surface area contributed by atoms with Gasteiger partial charge in [-0.05, 0) is 0 Å². The monoisotopic (exact) mass is 464 g/mol. The Morgan fingerprint density at radius 1 is 0.667 bits per heavy atom. The topological polar surface area (TPSA) is 171 Å². The van der Waals surface area contributed by atoms with Crippen LogP contribution in [0.4, 0.5) is 0 Å². The van der Waals surface area contributed by atoms with Gasteiger partial charge in [0.2, 0.25) is 0 Å². The normalized spacial score (nSPS) is 14.1. The average Bonchev–Trinajstić information content (AvgIpc) is 2.62. The molecule has 0 aromatic heterocycles. The van der Waals surface area contributed by atoms with Gasteiger partial charge in [0, 0.05) is 27.7 Å². The second-order valence-corrected chi connectivity index (χ2v) is 6.53. The van der Waals surface area contributed by atoms with E-state index in [-0.39, 0.29) is 0 Å². The predicted octanol–water partition coefficient (Wildman–Crippen LogP) is 1.00. The molecule has 0 aliphatic heterocycles. The fraction of sp³-hybridized carbons (Fsp3) is 0.625. The van der Waals surface area contributed by atoms with Gasteiger partial charge in [-0.15, -0.1) is 0 Å². The highest BCUT2D eigenvalue weighted by Gasteiger charge is 2.43. The van der Waals surface area contributed by atoms with E-state index in [2.05, 4.69) is 0 Å². The molecule has 0 saturated carbocycles. The molecular formula is C16H20N2O10S2. The van der Waals surface area contributed by atoms with Gasteiger partial charge in [-0.25, -0.2) is 0 Å². The van der Waals surface area contributed by atoms with Crippen molar-refractivity contribution in [2.75, 3.05) is 13.2 Å². The second kappa shape index (κ2) is 15.3. The molecule has 0 N–H and O–H groups in total. The quantitative estimate of drug-likeness (QED) is 0.124. The highest BCUT2D eigenvalue weighted by Crippen LogP contribution is 2.22. The van der Waals surface area contributed by atoms with Crippen molar-refractivity contribution in [3.63, 3.8) is 0 Å². The number of esters is 4. The lowest BCUT2D eigenvalue weighted by Crippen LogP contribution is -2.53. The Balaban J connectivity index is 6.08. The molecule has 0 unspecified atom stereocenters. The summed E-state index contributed by atoms with van der Waals surface area (Å²) < 4.78 is 30.6. The summed E-state index contributed by atoms with van der Waals surface area (Å²) in [6.45, 7) is 3.38. The fourth-order valence-corrected chi connectivity index (χ4v) is 2.68. The first-order valence-corrected chi connectivity index (χ1v) is 9.64. The van der Waals surface area contributed by atoms with Crippen molar-refractivity contribution in [3.8, 4) is 10.8 Å². The number of ether oxygens (including phenoxy) is 4. The lowest BCUT2D eigenvalue weighted by Gasteiger charge is -2.34. The number of nitriles is 2. The number of thiocyanates is 2. The molecule has 4 atom stereocenters. The summed E-state index contributed by atoms with van der Waals surface area (Å²) in [4.78, 5) is 46.4. The molecule has 0 fully saturated rings. The van der Waals surface area contributed by atoms with Gasteiger partial charge in [0.15, 0.2) is 35.2 Å². The summed E-state index contributed by atoms with van der Waals surface area (Å²) in [5, 5.41) is 20.5. The van der Waals surface area contributed by atoms with E-state index in [0.29, 0.717) is 24.1 Å². The standard InChI is InChI=1S/C16H20N2O10S2/c1-9(19)25-13(5-23-29-7-17)15(27-11(3)21)16(28-12(4)22)14(26-10(2)20)6-24-30-8-18/h13-16H,5-6H2,1-4H3/t13-,14-,15-,16-/m1/s1. The largest absolute Gasteiger partial charge is 0.456 e. The van der Waals surface area contributed by atoms with Gasteiger partial charge in [-0.3, -0.25) is 27.5 Å². The maximum atomic E-state index is 11.7. The Morgan fingerprint density at radius 3 is 1.20 bits per heavy atom. The van der Waals surface area contributed by atoms with E-state index >= 15 is 0 Å². The van der Waals surface area contributed by atoms with E-state index in [9.17, 15) is 19.2 Å². The molecule has 166 valence electrons. The Labute approximate surface area is 181 Å². The van der Waals surface area contributed by atoms with E-state index < -0.39 is 61.5 Å². The molecule has 0 spiro atoms. The minimum Gasteiger partial charge on any atom is -0.456 e. The minimum absolute atomic E-state index is 0.378. The number of carbonyl (C=O) groups is 4. The molecule has 0 heterocycles. The van der Waals surface area contributed by atoms with Crippen LogP contribution in [0.25, 0.3) is 0 Å². The number of rotatable bonds is 13. The van der Waals surface area contributed by atoms with E-state index in [0.717, 1.165) is 27.7 Å². The number of carbonyl (C=O) groups excluding carboxylic acids is 4. The molecule has 0 aromatic carbocycles. The molecule has 0 aliphatic rings. The molecule has 14 heteroatoms. The molecule has 0 bridgehead atoms. The number of hydrogen-bond donors (Lipinski definition) is 0. The van der Waals surface area contributed by atoms with Crippen molar-refractivity contribution in [1.29, 1.82) is 10.5 Å². The van der Waals surface area contributed by atoms with Gasteiger partial charge in [0.1, 0.15) is 37.3 Å². The van der Waals surface area contributed by atoms with Crippen LogP contribution in [0.1, 0.15) is 27.7 Å². The molecule has 12 nitrogen and oxygen atoms in total. The van der Waals surface area contributed by atoms with Crippen LogP contribution >= 0.6 is 24.1 Å². The van der Waals surface area contributed by atoms with Crippen LogP contribution in [0.15, 0.2) is 0 Å². The van der Waals surface area contributed by atoms with Crippen LogP contribution in [0, 0.1) is 21.3 Å². The highest BCUT2D eigenvalue weighted by atomic mass is 32.2. The Kier molecular flexibility index (Phi) is 14.0. The van der Waals surface area contributed by atoms with E-state index in [4.69, 9.17) is 37.8 Å². The first-order valence-electron chi connectivity index (χ1n) is 8.16. The van der Waals surface area contributed by atoms with Crippen molar-refractivity contribution in [3.05, 3.63) is 0 Å². The van der Waals surface area contributed by atoms with Crippen LogP contribution < -0.4 is 0 Å². The van der Waals surface area contributed by atoms with Crippen LogP contribution in [0.5, 0.6) is 0 Å². The molecule has 0 amide bonds. The zero-order valence-electron chi connectivity index (χ0n) is 16.5. The van der Waals surface area contributed by atoms with Gasteiger partial charge in [0.25, 0.3) is 0 Å². The zero-order chi connectivity index (χ0) is 23.1. The molecule has 0 saturated heterocycles. The Bertz CT molecular complexity index is 632. The highest BCUT2D eigenvalue weighted by molar-refractivity contribution is 7.99. The summed E-state index contributed by atoms with van der Waals surface area (Å²) in [6, 6.07) is 0. The number of nitrogens with zero attached hydrogens (tertiary/aromatic N) is 2. The third-order valence-corrected chi connectivity index (χ3v) is 3.61. The fourth-order valence-electron chi connectivity index (χ4n) is 2.17. The van der Waals surface area contributed by atoms with Crippen LogP contribution in [-0.2, 0) is 46.5 Å². The molecule has 0 aliphatic carbocycles. The van der Waals surface area contributed by atoms with Gasteiger partial charge in [-0.1, -0.05) is 0 Å². The van der Waals surface area contributed by atoms with Crippen LogP contribution in [0.2, 0.25) is 0 Å². The SMILES string of the molecule is CC(=O)O[C@@H]([C@H](OC(C)=O)[C@@H](COSC#N)OC(C)=O)[C@@H](COSC#N)OC(C)=O. The smallest absolute Gasteiger partial charge is 0.303 e. The predicted molar refractivity (Wildman–Crippen MR) is 101 cm³/mol. The average molecular weight is 464 g/mol. The summed E-state index contributed by atoms with van der Waals surface area (Å²) in [6.07, 6.45) is -5.71. The van der Waals surface area contributed by atoms with Crippen molar-refractivity contribution in [2.45, 2.75) is 52.1 Å². The Morgan fingerprint density at radius 2 is 0.967 bits per heavy atom. The Hall–Kier alpha value is -2.52. The van der Waals surface area contributed by atoms with Crippen molar-refractivity contribution in [2.24, 2.45) is 0 Å². The maximum absolute atomic E-state index is 11.7. The third kappa shape index (κ3) is 12.1. The van der Waals surface area contributed by atoms with Gasteiger partial charge in [0.05, 0.1) is 0 Å². The second-order valence-electron chi connectivity index (χ2n) is 5.36. The molecule has 0 radical (unpaired) electrons. The third-order valence-electron chi connectivity index (χ3n) is 2.95. The summed E-state index contributed by atoms with van der Waals surface area (Å²) in [7, 11) is 0. The van der Waals surface area contributed by atoms with E-state index in [1.54, 1.807) is 10.8 Å². The van der Waals surface area contributed by atoms with E-state index in [1.807, 2.05) is 0 Å². The summed E-state index contributed by atoms with van der Waals surface area (Å²) >= 11 is 0.756. The lowest BCUT2D eigenvalue weighted by molar-refractivity contribution is -0.201. The van der Waals surface area contributed by atoms with Crippen molar-refractivity contribution >= 4 is 48.0 Å². The molecule has 0 rings (SSSR count). The van der Waals surface area contributed by atoms with Gasteiger partial charge < -0.3 is 18.9 Å². The maximum Gasteiger partial charge on any atom is 0.303 e. The van der Waals surface area contributed by atoms with Crippen molar-refractivity contribution in [1.82, 2.24) is 0 Å². The van der Waals surface area contributed by atoms with E-state index in [1.165, 1.54) is 0 Å². The van der Waals surface area contributed by atoms with Gasteiger partial charge >= 0.3 is 23.9 Å². The first-order chi connectivity index (χ1) is 14.1. The molecule has 30 heavy (non-hydrogen) atoms. The minimum atomic E-state index is -1.50. The lowest BCUT2D eigenvalue weighted by atomic mass is 10.0. The number of hydrogen-bond acceptors (Lipinski definition) is 14. The first kappa shape index (κ1) is 27.5. The summed E-state index contributed by atoms with van der Waals surface area (Å²) in [5.74, 6) is -3.25. The van der Waals surface area contributed by atoms with Crippen LogP contribution in [0.3, 0.4) is 0 Å².